The highest BCUT2D eigenvalue weighted by Crippen LogP contribution is 2.25. The summed E-state index contributed by atoms with van der Waals surface area (Å²) in [5, 5.41) is 10.2. The van der Waals surface area contributed by atoms with E-state index < -0.39 is 0 Å². The second-order valence-electron chi connectivity index (χ2n) is 3.41. The Morgan fingerprint density at radius 1 is 1.18 bits per heavy atom. The smallest absolute Gasteiger partial charge is 0.124 e. The average Bonchev–Trinajstić information content (AvgIpc) is 2.32. The van der Waals surface area contributed by atoms with Gasteiger partial charge in [-0.25, -0.2) is 0 Å². The third-order valence-electron chi connectivity index (χ3n) is 2.18. The fourth-order valence-electron chi connectivity index (χ4n) is 1.32. The van der Waals surface area contributed by atoms with Crippen molar-refractivity contribution >= 4 is 39.4 Å². The highest BCUT2D eigenvalue weighted by molar-refractivity contribution is 9.10. The van der Waals surface area contributed by atoms with Crippen molar-refractivity contribution in [1.29, 1.82) is 0 Å². The van der Waals surface area contributed by atoms with Gasteiger partial charge < -0.3 is 5.11 Å². The molecule has 0 radical (unpaired) electrons. The van der Waals surface area contributed by atoms with Crippen LogP contribution in [0.3, 0.4) is 0 Å². The first-order chi connectivity index (χ1) is 8.16. The lowest BCUT2D eigenvalue weighted by molar-refractivity contribution is 0.474. The average molecular weight is 311 g/mol. The van der Waals surface area contributed by atoms with Crippen LogP contribution < -0.4 is 0 Å². The van der Waals surface area contributed by atoms with E-state index in [9.17, 15) is 5.11 Å². The van der Waals surface area contributed by atoms with Gasteiger partial charge in [-0.2, -0.15) is 0 Å². The molecule has 0 unspecified atom stereocenters. The summed E-state index contributed by atoms with van der Waals surface area (Å²) in [6, 6.07) is 12.4. The number of phenolic OH excluding ortho intramolecular Hbond substituents is 1. The van der Waals surface area contributed by atoms with Gasteiger partial charge in [-0.15, -0.1) is 0 Å². The maximum Gasteiger partial charge on any atom is 0.124 e. The predicted octanol–water partition coefficient (Wildman–Crippen LogP) is 4.56. The number of benzene rings is 2. The van der Waals surface area contributed by atoms with E-state index in [2.05, 4.69) is 20.9 Å². The standard InChI is InChI=1S/C13H9BrClNO/c14-11-3-1-2-4-12(11)16-8-9-7-10(15)5-6-13(9)17/h1-8,17H. The van der Waals surface area contributed by atoms with Crippen molar-refractivity contribution in [3.05, 3.63) is 57.5 Å². The molecule has 0 aliphatic carbocycles. The monoisotopic (exact) mass is 309 g/mol. The number of aliphatic imine (C=N–C) groups is 1. The van der Waals surface area contributed by atoms with Crippen LogP contribution in [0.2, 0.25) is 5.02 Å². The first-order valence-corrected chi connectivity index (χ1v) is 6.11. The molecule has 0 atom stereocenters. The largest absolute Gasteiger partial charge is 0.507 e. The molecule has 0 aliphatic rings. The Bertz CT molecular complexity index is 569. The lowest BCUT2D eigenvalue weighted by Gasteiger charge is -2.00. The minimum Gasteiger partial charge on any atom is -0.507 e. The van der Waals surface area contributed by atoms with E-state index >= 15 is 0 Å². The molecule has 0 amide bonds. The van der Waals surface area contributed by atoms with E-state index in [1.54, 1.807) is 24.4 Å². The molecule has 0 aromatic heterocycles. The maximum atomic E-state index is 9.62. The van der Waals surface area contributed by atoms with Gasteiger partial charge in [0.25, 0.3) is 0 Å². The van der Waals surface area contributed by atoms with Crippen LogP contribution in [0.25, 0.3) is 0 Å². The van der Waals surface area contributed by atoms with Gasteiger partial charge >= 0.3 is 0 Å². The second-order valence-corrected chi connectivity index (χ2v) is 4.70. The summed E-state index contributed by atoms with van der Waals surface area (Å²) in [5.74, 6) is 0.158. The number of aromatic hydroxyl groups is 1. The number of rotatable bonds is 2. The first-order valence-electron chi connectivity index (χ1n) is 4.94. The zero-order chi connectivity index (χ0) is 12.3. The normalized spacial score (nSPS) is 10.9. The summed E-state index contributed by atoms with van der Waals surface area (Å²) in [4.78, 5) is 4.29. The third-order valence-corrected chi connectivity index (χ3v) is 3.09. The second kappa shape index (κ2) is 5.34. The minimum absolute atomic E-state index is 0.158. The summed E-state index contributed by atoms with van der Waals surface area (Å²) < 4.78 is 0.901. The lowest BCUT2D eigenvalue weighted by Crippen LogP contribution is -1.82. The summed E-state index contributed by atoms with van der Waals surface area (Å²) >= 11 is 9.25. The molecule has 0 heterocycles. The Morgan fingerprint density at radius 2 is 1.94 bits per heavy atom. The first kappa shape index (κ1) is 12.1. The molecule has 4 heteroatoms. The molecule has 1 N–H and O–H groups in total. The van der Waals surface area contributed by atoms with E-state index in [1.165, 1.54) is 0 Å². The van der Waals surface area contributed by atoms with E-state index in [0.717, 1.165) is 10.2 Å². The Balaban J connectivity index is 2.32. The highest BCUT2D eigenvalue weighted by atomic mass is 79.9. The van der Waals surface area contributed by atoms with Gasteiger partial charge in [0.15, 0.2) is 0 Å². The van der Waals surface area contributed by atoms with Crippen molar-refractivity contribution in [3.8, 4) is 5.75 Å². The highest BCUT2D eigenvalue weighted by Gasteiger charge is 2.00. The van der Waals surface area contributed by atoms with Gasteiger partial charge in [-0.1, -0.05) is 23.7 Å². The quantitative estimate of drug-likeness (QED) is 0.810. The van der Waals surface area contributed by atoms with Crippen molar-refractivity contribution in [2.45, 2.75) is 0 Å². The molecule has 0 saturated carbocycles. The Kier molecular flexibility index (Phi) is 3.82. The fourth-order valence-corrected chi connectivity index (χ4v) is 1.89. The zero-order valence-corrected chi connectivity index (χ0v) is 11.1. The minimum atomic E-state index is 0.158. The lowest BCUT2D eigenvalue weighted by atomic mass is 10.2. The number of phenols is 1. The molecule has 2 rings (SSSR count). The number of hydrogen-bond donors (Lipinski definition) is 1. The summed E-state index contributed by atoms with van der Waals surface area (Å²) in [6.45, 7) is 0. The van der Waals surface area contributed by atoms with Gasteiger partial charge in [0.1, 0.15) is 5.75 Å². The number of hydrogen-bond acceptors (Lipinski definition) is 2. The van der Waals surface area contributed by atoms with E-state index in [-0.39, 0.29) is 5.75 Å². The van der Waals surface area contributed by atoms with Crippen molar-refractivity contribution < 1.29 is 5.11 Å². The van der Waals surface area contributed by atoms with E-state index in [0.29, 0.717) is 10.6 Å². The summed E-state index contributed by atoms with van der Waals surface area (Å²) in [7, 11) is 0. The van der Waals surface area contributed by atoms with Crippen LogP contribution in [0, 0.1) is 0 Å². The molecular weight excluding hydrogens is 302 g/mol. The topological polar surface area (TPSA) is 32.6 Å². The zero-order valence-electron chi connectivity index (χ0n) is 8.77. The Labute approximate surface area is 113 Å². The van der Waals surface area contributed by atoms with E-state index in [1.807, 2.05) is 24.3 Å². The summed E-state index contributed by atoms with van der Waals surface area (Å²) in [5.41, 5.74) is 1.39. The molecule has 0 bridgehead atoms. The van der Waals surface area contributed by atoms with Crippen molar-refractivity contribution in [1.82, 2.24) is 0 Å². The van der Waals surface area contributed by atoms with Crippen molar-refractivity contribution in [3.63, 3.8) is 0 Å². The number of nitrogens with zero attached hydrogens (tertiary/aromatic N) is 1. The van der Waals surface area contributed by atoms with Crippen LogP contribution in [0.4, 0.5) is 5.69 Å². The van der Waals surface area contributed by atoms with Gasteiger partial charge in [0.2, 0.25) is 0 Å². The molecule has 2 nitrogen and oxygen atoms in total. The molecule has 0 aliphatic heterocycles. The molecular formula is C13H9BrClNO. The molecule has 0 saturated heterocycles. The molecule has 2 aromatic rings. The summed E-state index contributed by atoms with van der Waals surface area (Å²) in [6.07, 6.45) is 1.58. The molecule has 0 fully saturated rings. The predicted molar refractivity (Wildman–Crippen MR) is 74.5 cm³/mol. The van der Waals surface area contributed by atoms with Crippen LogP contribution in [0.1, 0.15) is 5.56 Å². The number of para-hydroxylation sites is 1. The van der Waals surface area contributed by atoms with Crippen LogP contribution in [0.5, 0.6) is 5.75 Å². The molecule has 17 heavy (non-hydrogen) atoms. The Hall–Kier alpha value is -1.32. The fraction of sp³-hybridized carbons (Fsp3) is 0. The van der Waals surface area contributed by atoms with Crippen LogP contribution in [-0.4, -0.2) is 11.3 Å². The van der Waals surface area contributed by atoms with Gasteiger partial charge in [0.05, 0.1) is 5.69 Å². The van der Waals surface area contributed by atoms with Gasteiger partial charge in [0, 0.05) is 21.3 Å². The van der Waals surface area contributed by atoms with Crippen LogP contribution in [0.15, 0.2) is 51.9 Å². The molecule has 86 valence electrons. The van der Waals surface area contributed by atoms with Crippen LogP contribution in [-0.2, 0) is 0 Å². The third kappa shape index (κ3) is 3.08. The molecule has 2 aromatic carbocycles. The van der Waals surface area contributed by atoms with Crippen molar-refractivity contribution in [2.24, 2.45) is 4.99 Å². The number of halogens is 2. The van der Waals surface area contributed by atoms with E-state index in [4.69, 9.17) is 11.6 Å². The molecule has 0 spiro atoms. The van der Waals surface area contributed by atoms with Crippen molar-refractivity contribution in [2.75, 3.05) is 0 Å². The van der Waals surface area contributed by atoms with Gasteiger partial charge in [-0.05, 0) is 46.3 Å². The Morgan fingerprint density at radius 3 is 2.71 bits per heavy atom. The van der Waals surface area contributed by atoms with Crippen LogP contribution >= 0.6 is 27.5 Å². The maximum absolute atomic E-state index is 9.62. The van der Waals surface area contributed by atoms with Gasteiger partial charge in [-0.3, -0.25) is 4.99 Å². The SMILES string of the molecule is Oc1ccc(Cl)cc1C=Nc1ccccc1Br.